The molecule has 0 aromatic carbocycles. The first-order chi connectivity index (χ1) is 5.25. The molecule has 0 fully saturated rings. The third kappa shape index (κ3) is 1.95. The topological polar surface area (TPSA) is 0 Å². The van der Waals surface area contributed by atoms with Crippen LogP contribution >= 0.6 is 0 Å². The summed E-state index contributed by atoms with van der Waals surface area (Å²) in [7, 11) is 0. The van der Waals surface area contributed by atoms with Crippen molar-refractivity contribution in [2.45, 2.75) is 40.0 Å². The van der Waals surface area contributed by atoms with E-state index in [0.29, 0.717) is 0 Å². The molecular formula is C11H18. The molecule has 0 N–H and O–H groups in total. The molecule has 0 heterocycles. The van der Waals surface area contributed by atoms with Crippen LogP contribution in [0.1, 0.15) is 40.0 Å². The lowest BCUT2D eigenvalue weighted by molar-refractivity contribution is 0.703. The van der Waals surface area contributed by atoms with Crippen molar-refractivity contribution in [2.24, 2.45) is 5.92 Å². The molecule has 0 radical (unpaired) electrons. The second kappa shape index (κ2) is 3.75. The van der Waals surface area contributed by atoms with Crippen molar-refractivity contribution >= 4 is 0 Å². The second-order valence-electron chi connectivity index (χ2n) is 3.48. The van der Waals surface area contributed by atoms with E-state index >= 15 is 0 Å². The summed E-state index contributed by atoms with van der Waals surface area (Å²) in [6, 6.07) is 0. The summed E-state index contributed by atoms with van der Waals surface area (Å²) < 4.78 is 0. The molecule has 62 valence electrons. The van der Waals surface area contributed by atoms with Crippen molar-refractivity contribution in [3.63, 3.8) is 0 Å². The van der Waals surface area contributed by atoms with E-state index in [4.69, 9.17) is 0 Å². The highest BCUT2D eigenvalue weighted by molar-refractivity contribution is 5.32. The van der Waals surface area contributed by atoms with Gasteiger partial charge in [-0.2, -0.15) is 0 Å². The Labute approximate surface area is 70.0 Å². The van der Waals surface area contributed by atoms with Gasteiger partial charge in [0.05, 0.1) is 0 Å². The maximum absolute atomic E-state index is 2.31. The van der Waals surface area contributed by atoms with Crippen LogP contribution in [0.4, 0.5) is 0 Å². The van der Waals surface area contributed by atoms with Gasteiger partial charge in [0.2, 0.25) is 0 Å². The van der Waals surface area contributed by atoms with Gasteiger partial charge in [0.1, 0.15) is 0 Å². The van der Waals surface area contributed by atoms with E-state index in [0.717, 1.165) is 5.92 Å². The Hall–Kier alpha value is -0.520. The molecule has 0 saturated carbocycles. The van der Waals surface area contributed by atoms with E-state index in [2.05, 4.69) is 32.9 Å². The predicted octanol–water partition coefficient (Wildman–Crippen LogP) is 3.70. The van der Waals surface area contributed by atoms with Crippen LogP contribution in [0.3, 0.4) is 0 Å². The molecule has 0 saturated heterocycles. The fourth-order valence-corrected chi connectivity index (χ4v) is 1.50. The Kier molecular flexibility index (Phi) is 2.92. The minimum Gasteiger partial charge on any atom is -0.0664 e. The van der Waals surface area contributed by atoms with Crippen LogP contribution in [0, 0.1) is 5.92 Å². The van der Waals surface area contributed by atoms with E-state index in [1.165, 1.54) is 24.8 Å². The molecule has 0 bridgehead atoms. The van der Waals surface area contributed by atoms with E-state index in [-0.39, 0.29) is 0 Å². The molecule has 1 atom stereocenters. The Bertz CT molecular complexity index is 184. The van der Waals surface area contributed by atoms with Gasteiger partial charge < -0.3 is 0 Å². The van der Waals surface area contributed by atoms with Crippen LogP contribution in [0.15, 0.2) is 23.3 Å². The normalized spacial score (nSPS) is 23.4. The van der Waals surface area contributed by atoms with Crippen molar-refractivity contribution in [3.8, 4) is 0 Å². The lowest BCUT2D eigenvalue weighted by Crippen LogP contribution is -1.96. The lowest BCUT2D eigenvalue weighted by atomic mass is 9.95. The van der Waals surface area contributed by atoms with Gasteiger partial charge in [-0.15, -0.1) is 0 Å². The first-order valence-electron chi connectivity index (χ1n) is 4.63. The van der Waals surface area contributed by atoms with E-state index in [1.807, 2.05) is 0 Å². The molecule has 0 heteroatoms. The van der Waals surface area contributed by atoms with Gasteiger partial charge in [0, 0.05) is 0 Å². The number of unbranched alkanes of at least 4 members (excludes halogenated alkanes) is 1. The van der Waals surface area contributed by atoms with Gasteiger partial charge in [0.15, 0.2) is 0 Å². The predicted molar refractivity (Wildman–Crippen MR) is 50.5 cm³/mol. The van der Waals surface area contributed by atoms with Gasteiger partial charge in [-0.3, -0.25) is 0 Å². The Morgan fingerprint density at radius 3 is 2.55 bits per heavy atom. The second-order valence-corrected chi connectivity index (χ2v) is 3.48. The molecule has 1 aliphatic carbocycles. The van der Waals surface area contributed by atoms with E-state index < -0.39 is 0 Å². The van der Waals surface area contributed by atoms with Crippen LogP contribution in [0.25, 0.3) is 0 Å². The molecular weight excluding hydrogens is 132 g/mol. The molecule has 0 aromatic rings. The van der Waals surface area contributed by atoms with Gasteiger partial charge in [-0.1, -0.05) is 43.6 Å². The van der Waals surface area contributed by atoms with Crippen LogP contribution in [0.5, 0.6) is 0 Å². The van der Waals surface area contributed by atoms with Crippen molar-refractivity contribution in [3.05, 3.63) is 23.3 Å². The number of rotatable bonds is 3. The van der Waals surface area contributed by atoms with Crippen LogP contribution in [-0.2, 0) is 0 Å². The SMILES string of the molecule is CCCCC1=CC=C(C)C1C. The summed E-state index contributed by atoms with van der Waals surface area (Å²) in [6.07, 6.45) is 8.51. The maximum atomic E-state index is 2.31. The summed E-state index contributed by atoms with van der Waals surface area (Å²) in [5, 5.41) is 0. The van der Waals surface area contributed by atoms with Gasteiger partial charge in [-0.05, 0) is 25.7 Å². The van der Waals surface area contributed by atoms with Crippen LogP contribution in [0.2, 0.25) is 0 Å². The third-order valence-electron chi connectivity index (χ3n) is 2.62. The zero-order valence-corrected chi connectivity index (χ0v) is 7.85. The maximum Gasteiger partial charge on any atom is -0.00180 e. The molecule has 11 heavy (non-hydrogen) atoms. The molecule has 1 aliphatic rings. The van der Waals surface area contributed by atoms with E-state index in [1.54, 1.807) is 5.57 Å². The van der Waals surface area contributed by atoms with E-state index in [9.17, 15) is 0 Å². The summed E-state index contributed by atoms with van der Waals surface area (Å²) in [4.78, 5) is 0. The van der Waals surface area contributed by atoms with Crippen molar-refractivity contribution < 1.29 is 0 Å². The lowest BCUT2D eigenvalue weighted by Gasteiger charge is -2.10. The van der Waals surface area contributed by atoms with Crippen molar-refractivity contribution in [1.29, 1.82) is 0 Å². The Balaban J connectivity index is 2.40. The highest BCUT2D eigenvalue weighted by Gasteiger charge is 2.13. The molecule has 1 unspecified atom stereocenters. The zero-order valence-electron chi connectivity index (χ0n) is 7.85. The number of hydrogen-bond acceptors (Lipinski definition) is 0. The number of allylic oxidation sites excluding steroid dienone is 4. The summed E-state index contributed by atoms with van der Waals surface area (Å²) in [5.41, 5.74) is 3.15. The quantitative estimate of drug-likeness (QED) is 0.575. The largest absolute Gasteiger partial charge is 0.0664 e. The smallest absolute Gasteiger partial charge is 0.00180 e. The first kappa shape index (κ1) is 8.58. The summed E-state index contributed by atoms with van der Waals surface area (Å²) >= 11 is 0. The Morgan fingerprint density at radius 1 is 1.36 bits per heavy atom. The van der Waals surface area contributed by atoms with Gasteiger partial charge in [0.25, 0.3) is 0 Å². The molecule has 0 aromatic heterocycles. The number of hydrogen-bond donors (Lipinski definition) is 0. The van der Waals surface area contributed by atoms with Gasteiger partial charge >= 0.3 is 0 Å². The highest BCUT2D eigenvalue weighted by Crippen LogP contribution is 2.29. The first-order valence-corrected chi connectivity index (χ1v) is 4.63. The van der Waals surface area contributed by atoms with Gasteiger partial charge in [-0.25, -0.2) is 0 Å². The molecule has 1 rings (SSSR count). The zero-order chi connectivity index (χ0) is 8.27. The molecule has 0 amide bonds. The average molecular weight is 150 g/mol. The minimum atomic E-state index is 0.724. The van der Waals surface area contributed by atoms with Crippen molar-refractivity contribution in [2.75, 3.05) is 0 Å². The van der Waals surface area contributed by atoms with Crippen LogP contribution < -0.4 is 0 Å². The van der Waals surface area contributed by atoms with Crippen LogP contribution in [-0.4, -0.2) is 0 Å². The minimum absolute atomic E-state index is 0.724. The monoisotopic (exact) mass is 150 g/mol. The standard InChI is InChI=1S/C11H18/c1-4-5-6-11-8-7-9(2)10(11)3/h7-8,10H,4-6H2,1-3H3. The molecule has 0 nitrogen and oxygen atoms in total. The summed E-state index contributed by atoms with van der Waals surface area (Å²) in [6.45, 7) is 6.78. The average Bonchev–Trinajstić information content (AvgIpc) is 2.31. The molecule has 0 aliphatic heterocycles. The summed E-state index contributed by atoms with van der Waals surface area (Å²) in [5.74, 6) is 0.724. The van der Waals surface area contributed by atoms with Crippen molar-refractivity contribution in [1.82, 2.24) is 0 Å². The fourth-order valence-electron chi connectivity index (χ4n) is 1.50. The third-order valence-corrected chi connectivity index (χ3v) is 2.62. The highest BCUT2D eigenvalue weighted by atomic mass is 14.2. The fraction of sp³-hybridized carbons (Fsp3) is 0.636. The molecule has 0 spiro atoms. The Morgan fingerprint density at radius 2 is 2.09 bits per heavy atom.